The van der Waals surface area contributed by atoms with E-state index in [0.717, 1.165) is 11.6 Å². The molecule has 0 fully saturated rings. The highest BCUT2D eigenvalue weighted by molar-refractivity contribution is 7.98. The fourth-order valence-corrected chi connectivity index (χ4v) is 2.58. The highest BCUT2D eigenvalue weighted by Crippen LogP contribution is 2.26. The molecule has 0 saturated carbocycles. The van der Waals surface area contributed by atoms with Gasteiger partial charge in [0.15, 0.2) is 0 Å². The first-order chi connectivity index (χ1) is 9.06. The summed E-state index contributed by atoms with van der Waals surface area (Å²) in [5.41, 5.74) is 2.25. The summed E-state index contributed by atoms with van der Waals surface area (Å²) in [7, 11) is 0. The molecule has 0 amide bonds. The summed E-state index contributed by atoms with van der Waals surface area (Å²) >= 11 is 1.36. The normalized spacial score (nSPS) is 10.4. The molecule has 2 rings (SSSR count). The SMILES string of the molecule is Cc1cccc(CSc2ccc(C(=O)O)cc2F)c1. The molecule has 0 aliphatic heterocycles. The Labute approximate surface area is 115 Å². The lowest BCUT2D eigenvalue weighted by Gasteiger charge is -2.05. The molecule has 0 atom stereocenters. The highest BCUT2D eigenvalue weighted by atomic mass is 32.2. The van der Waals surface area contributed by atoms with E-state index in [-0.39, 0.29) is 5.56 Å². The first kappa shape index (κ1) is 13.6. The molecule has 2 aromatic carbocycles. The van der Waals surface area contributed by atoms with E-state index in [2.05, 4.69) is 6.07 Å². The lowest BCUT2D eigenvalue weighted by atomic mass is 10.2. The van der Waals surface area contributed by atoms with Crippen LogP contribution in [0.3, 0.4) is 0 Å². The van der Waals surface area contributed by atoms with Gasteiger partial charge in [0.2, 0.25) is 0 Å². The standard InChI is InChI=1S/C15H13FO2S/c1-10-3-2-4-11(7-10)9-19-14-6-5-12(15(17)18)8-13(14)16/h2-8H,9H2,1H3,(H,17,18). The quantitative estimate of drug-likeness (QED) is 0.853. The lowest BCUT2D eigenvalue weighted by molar-refractivity contribution is 0.0696. The molecule has 0 unspecified atom stereocenters. The van der Waals surface area contributed by atoms with Crippen LogP contribution in [0.5, 0.6) is 0 Å². The van der Waals surface area contributed by atoms with Gasteiger partial charge in [-0.3, -0.25) is 0 Å². The Hall–Kier alpha value is -1.81. The molecule has 2 aromatic rings. The van der Waals surface area contributed by atoms with E-state index in [0.29, 0.717) is 10.6 Å². The maximum absolute atomic E-state index is 13.7. The van der Waals surface area contributed by atoms with Crippen LogP contribution in [0, 0.1) is 12.7 Å². The molecule has 0 aliphatic carbocycles. The summed E-state index contributed by atoms with van der Waals surface area (Å²) in [6.07, 6.45) is 0. The number of carbonyl (C=O) groups is 1. The number of rotatable bonds is 4. The Morgan fingerprint density at radius 2 is 2.05 bits per heavy atom. The van der Waals surface area contributed by atoms with Crippen molar-refractivity contribution < 1.29 is 14.3 Å². The van der Waals surface area contributed by atoms with Gasteiger partial charge in [-0.05, 0) is 30.7 Å². The number of carboxylic acid groups (broad SMARTS) is 1. The molecular weight excluding hydrogens is 263 g/mol. The third kappa shape index (κ3) is 3.58. The average Bonchev–Trinajstić information content (AvgIpc) is 2.37. The van der Waals surface area contributed by atoms with Gasteiger partial charge >= 0.3 is 5.97 Å². The van der Waals surface area contributed by atoms with Crippen molar-refractivity contribution >= 4 is 17.7 Å². The van der Waals surface area contributed by atoms with E-state index < -0.39 is 11.8 Å². The van der Waals surface area contributed by atoms with Crippen molar-refractivity contribution in [2.75, 3.05) is 0 Å². The van der Waals surface area contributed by atoms with Gasteiger partial charge < -0.3 is 5.11 Å². The Kier molecular flexibility index (Phi) is 4.22. The van der Waals surface area contributed by atoms with Gasteiger partial charge in [0.25, 0.3) is 0 Å². The summed E-state index contributed by atoms with van der Waals surface area (Å²) in [6.45, 7) is 2.01. The van der Waals surface area contributed by atoms with Crippen LogP contribution in [0.1, 0.15) is 21.5 Å². The molecule has 0 bridgehead atoms. The number of thioether (sulfide) groups is 1. The largest absolute Gasteiger partial charge is 0.478 e. The molecule has 4 heteroatoms. The fourth-order valence-electron chi connectivity index (χ4n) is 1.71. The summed E-state index contributed by atoms with van der Waals surface area (Å²) in [6, 6.07) is 12.0. The number of halogens is 1. The van der Waals surface area contributed by atoms with Gasteiger partial charge in [0.05, 0.1) is 5.56 Å². The van der Waals surface area contributed by atoms with Gasteiger partial charge in [-0.25, -0.2) is 9.18 Å². The van der Waals surface area contributed by atoms with E-state index in [4.69, 9.17) is 5.11 Å². The van der Waals surface area contributed by atoms with E-state index in [9.17, 15) is 9.18 Å². The molecule has 98 valence electrons. The topological polar surface area (TPSA) is 37.3 Å². The van der Waals surface area contributed by atoms with Gasteiger partial charge in [0, 0.05) is 10.6 Å². The van der Waals surface area contributed by atoms with E-state index in [1.54, 1.807) is 0 Å². The molecule has 19 heavy (non-hydrogen) atoms. The molecule has 0 radical (unpaired) electrons. The second kappa shape index (κ2) is 5.89. The van der Waals surface area contributed by atoms with Gasteiger partial charge in [-0.2, -0.15) is 0 Å². The van der Waals surface area contributed by atoms with Crippen LogP contribution < -0.4 is 0 Å². The maximum atomic E-state index is 13.7. The highest BCUT2D eigenvalue weighted by Gasteiger charge is 2.08. The van der Waals surface area contributed by atoms with Crippen molar-refractivity contribution in [2.45, 2.75) is 17.6 Å². The van der Waals surface area contributed by atoms with Crippen molar-refractivity contribution in [3.63, 3.8) is 0 Å². The predicted molar refractivity (Wildman–Crippen MR) is 74.1 cm³/mol. The van der Waals surface area contributed by atoms with Crippen LogP contribution in [0.4, 0.5) is 4.39 Å². The molecule has 2 nitrogen and oxygen atoms in total. The average molecular weight is 276 g/mol. The second-order valence-corrected chi connectivity index (χ2v) is 5.25. The zero-order chi connectivity index (χ0) is 13.8. The summed E-state index contributed by atoms with van der Waals surface area (Å²) in [5.74, 6) is -0.947. The van der Waals surface area contributed by atoms with E-state index >= 15 is 0 Å². The van der Waals surface area contributed by atoms with Gasteiger partial charge in [-0.15, -0.1) is 11.8 Å². The zero-order valence-electron chi connectivity index (χ0n) is 10.4. The molecular formula is C15H13FO2S. The van der Waals surface area contributed by atoms with Crippen LogP contribution in [0.15, 0.2) is 47.4 Å². The minimum absolute atomic E-state index is 0.0302. The third-order valence-corrected chi connectivity index (χ3v) is 3.78. The minimum Gasteiger partial charge on any atom is -0.478 e. The molecule has 0 aliphatic rings. The van der Waals surface area contributed by atoms with E-state index in [1.165, 1.54) is 29.5 Å². The molecule has 0 aromatic heterocycles. The fraction of sp³-hybridized carbons (Fsp3) is 0.133. The van der Waals surface area contributed by atoms with Crippen molar-refractivity contribution in [3.8, 4) is 0 Å². The number of hydrogen-bond acceptors (Lipinski definition) is 2. The number of aromatic carboxylic acids is 1. The third-order valence-electron chi connectivity index (χ3n) is 2.66. The number of benzene rings is 2. The molecule has 0 saturated heterocycles. The van der Waals surface area contributed by atoms with Gasteiger partial charge in [-0.1, -0.05) is 29.8 Å². The first-order valence-corrected chi connectivity index (χ1v) is 6.76. The Morgan fingerprint density at radius 3 is 2.68 bits per heavy atom. The molecule has 0 heterocycles. The van der Waals surface area contributed by atoms with Crippen LogP contribution in [0.25, 0.3) is 0 Å². The minimum atomic E-state index is -1.12. The molecule has 1 N–H and O–H groups in total. The summed E-state index contributed by atoms with van der Waals surface area (Å²) in [5, 5.41) is 8.77. The second-order valence-electron chi connectivity index (χ2n) is 4.23. The van der Waals surface area contributed by atoms with E-state index in [1.807, 2.05) is 25.1 Å². The summed E-state index contributed by atoms with van der Waals surface area (Å²) in [4.78, 5) is 11.2. The predicted octanol–water partition coefficient (Wildman–Crippen LogP) is 4.12. The Bertz CT molecular complexity index is 611. The van der Waals surface area contributed by atoms with Crippen LogP contribution in [-0.2, 0) is 5.75 Å². The maximum Gasteiger partial charge on any atom is 0.335 e. The lowest BCUT2D eigenvalue weighted by Crippen LogP contribution is -1.97. The van der Waals surface area contributed by atoms with Gasteiger partial charge in [0.1, 0.15) is 5.82 Å². The monoisotopic (exact) mass is 276 g/mol. The smallest absolute Gasteiger partial charge is 0.335 e. The molecule has 0 spiro atoms. The zero-order valence-corrected chi connectivity index (χ0v) is 11.2. The number of hydrogen-bond donors (Lipinski definition) is 1. The van der Waals surface area contributed by atoms with Crippen LogP contribution in [-0.4, -0.2) is 11.1 Å². The Balaban J connectivity index is 2.10. The van der Waals surface area contributed by atoms with Crippen molar-refractivity contribution in [3.05, 3.63) is 65.0 Å². The van der Waals surface area contributed by atoms with Crippen LogP contribution in [0.2, 0.25) is 0 Å². The number of carboxylic acids is 1. The van der Waals surface area contributed by atoms with Crippen molar-refractivity contribution in [1.29, 1.82) is 0 Å². The van der Waals surface area contributed by atoms with Crippen molar-refractivity contribution in [1.82, 2.24) is 0 Å². The Morgan fingerprint density at radius 1 is 1.26 bits per heavy atom. The van der Waals surface area contributed by atoms with Crippen LogP contribution >= 0.6 is 11.8 Å². The number of aryl methyl sites for hydroxylation is 1. The summed E-state index contributed by atoms with van der Waals surface area (Å²) < 4.78 is 13.7. The first-order valence-electron chi connectivity index (χ1n) is 5.77. The van der Waals surface area contributed by atoms with Crippen molar-refractivity contribution in [2.24, 2.45) is 0 Å².